The molecule has 0 aliphatic carbocycles. The number of hydrogen-bond acceptors (Lipinski definition) is 5. The van der Waals surface area contributed by atoms with Gasteiger partial charge in [0, 0.05) is 48.1 Å². The van der Waals surface area contributed by atoms with Gasteiger partial charge in [-0.2, -0.15) is 0 Å². The molecule has 4 N–H and O–H groups in total. The molecule has 2 aliphatic rings. The first-order valence-electron chi connectivity index (χ1n) is 11.4. The molecule has 2 aromatic rings. The van der Waals surface area contributed by atoms with Crippen LogP contribution in [-0.4, -0.2) is 95.8 Å². The number of aromatic amines is 1. The van der Waals surface area contributed by atoms with Crippen molar-refractivity contribution in [3.63, 3.8) is 0 Å². The topological polar surface area (TPSA) is 115 Å². The van der Waals surface area contributed by atoms with Crippen molar-refractivity contribution in [2.45, 2.75) is 31.3 Å². The van der Waals surface area contributed by atoms with Crippen LogP contribution < -0.4 is 11.1 Å². The summed E-state index contributed by atoms with van der Waals surface area (Å²) < 4.78 is 0. The minimum atomic E-state index is -1.00. The van der Waals surface area contributed by atoms with Crippen LogP contribution in [-0.2, 0) is 9.59 Å². The van der Waals surface area contributed by atoms with Gasteiger partial charge < -0.3 is 25.8 Å². The molecule has 10 heteroatoms. The van der Waals surface area contributed by atoms with E-state index in [2.05, 4.69) is 27.1 Å². The SMILES string of the molecule is CN1CCC(N2CCN(C(=O)[C@H](CC(N)=O)NC(=O)c3cc4cc(Cl)ccc4[nH]3)CC2)CC1. The second-order valence-corrected chi connectivity index (χ2v) is 9.44. The van der Waals surface area contributed by atoms with Gasteiger partial charge in [-0.05, 0) is 57.2 Å². The van der Waals surface area contributed by atoms with Crippen molar-refractivity contribution in [1.82, 2.24) is 25.0 Å². The van der Waals surface area contributed by atoms with Crippen LogP contribution in [0.1, 0.15) is 29.8 Å². The molecule has 0 unspecified atom stereocenters. The van der Waals surface area contributed by atoms with Gasteiger partial charge in [-0.25, -0.2) is 0 Å². The first kappa shape index (κ1) is 23.5. The van der Waals surface area contributed by atoms with Crippen molar-refractivity contribution < 1.29 is 14.4 Å². The zero-order valence-electron chi connectivity index (χ0n) is 18.8. The number of carbonyl (C=O) groups excluding carboxylic acids is 3. The zero-order valence-corrected chi connectivity index (χ0v) is 19.6. The monoisotopic (exact) mass is 474 g/mol. The molecule has 1 atom stereocenters. The highest BCUT2D eigenvalue weighted by Gasteiger charge is 2.32. The molecule has 2 aliphatic heterocycles. The third-order valence-corrected chi connectivity index (χ3v) is 6.90. The van der Waals surface area contributed by atoms with Gasteiger partial charge in [-0.15, -0.1) is 0 Å². The Balaban J connectivity index is 1.38. The number of benzene rings is 1. The normalized spacial score (nSPS) is 19.5. The smallest absolute Gasteiger partial charge is 0.268 e. The number of piperazine rings is 1. The maximum Gasteiger partial charge on any atom is 0.268 e. The molecule has 0 bridgehead atoms. The van der Waals surface area contributed by atoms with Crippen molar-refractivity contribution in [2.24, 2.45) is 5.73 Å². The largest absolute Gasteiger partial charge is 0.370 e. The van der Waals surface area contributed by atoms with Gasteiger partial charge >= 0.3 is 0 Å². The first-order chi connectivity index (χ1) is 15.8. The summed E-state index contributed by atoms with van der Waals surface area (Å²) in [6, 6.07) is 6.48. The van der Waals surface area contributed by atoms with Crippen LogP contribution in [0.4, 0.5) is 0 Å². The second-order valence-electron chi connectivity index (χ2n) is 9.01. The standard InChI is InChI=1S/C23H31ClN6O3/c1-28-6-4-17(5-7-28)29-8-10-30(11-9-29)23(33)20(14-21(25)31)27-22(32)19-13-15-12-16(24)2-3-18(15)26-19/h2-3,12-13,17,20,26H,4-11,14H2,1H3,(H2,25,31)(H,27,32)/t20-/m0/s1. The van der Waals surface area contributed by atoms with Crippen molar-refractivity contribution in [1.29, 1.82) is 0 Å². The van der Waals surface area contributed by atoms with E-state index in [1.807, 2.05) is 0 Å². The summed E-state index contributed by atoms with van der Waals surface area (Å²) in [5.74, 6) is -1.38. The number of H-pyrrole nitrogens is 1. The Bertz CT molecular complexity index is 1020. The molecule has 3 heterocycles. The minimum Gasteiger partial charge on any atom is -0.370 e. The number of nitrogens with one attached hydrogen (secondary N) is 2. The average Bonchev–Trinajstić information content (AvgIpc) is 3.22. The number of nitrogens with zero attached hydrogens (tertiary/aromatic N) is 3. The Morgan fingerprint density at radius 1 is 1.12 bits per heavy atom. The van der Waals surface area contributed by atoms with E-state index < -0.39 is 17.9 Å². The van der Waals surface area contributed by atoms with Crippen molar-refractivity contribution >= 4 is 40.2 Å². The van der Waals surface area contributed by atoms with E-state index >= 15 is 0 Å². The van der Waals surface area contributed by atoms with Crippen molar-refractivity contribution in [3.05, 3.63) is 35.0 Å². The van der Waals surface area contributed by atoms with Gasteiger partial charge in [0.1, 0.15) is 11.7 Å². The second kappa shape index (κ2) is 10.1. The number of primary amides is 1. The van der Waals surface area contributed by atoms with Crippen molar-refractivity contribution in [2.75, 3.05) is 46.3 Å². The lowest BCUT2D eigenvalue weighted by Crippen LogP contribution is -2.58. The molecule has 4 rings (SSSR count). The van der Waals surface area contributed by atoms with Crippen LogP contribution in [0.2, 0.25) is 5.02 Å². The molecule has 9 nitrogen and oxygen atoms in total. The Hall–Kier alpha value is -2.62. The maximum atomic E-state index is 13.2. The predicted octanol–water partition coefficient (Wildman–Crippen LogP) is 1.03. The zero-order chi connectivity index (χ0) is 23.5. The molecule has 0 radical (unpaired) electrons. The Kier molecular flexibility index (Phi) is 7.21. The van der Waals surface area contributed by atoms with E-state index in [1.54, 1.807) is 29.2 Å². The van der Waals surface area contributed by atoms with E-state index in [-0.39, 0.29) is 12.3 Å². The summed E-state index contributed by atoms with van der Waals surface area (Å²) in [4.78, 5) is 47.2. The summed E-state index contributed by atoms with van der Waals surface area (Å²) in [5, 5.41) is 4.05. The van der Waals surface area contributed by atoms with Crippen LogP contribution in [0.15, 0.2) is 24.3 Å². The van der Waals surface area contributed by atoms with Gasteiger partial charge in [0.25, 0.3) is 5.91 Å². The third kappa shape index (κ3) is 5.66. The minimum absolute atomic E-state index is 0.244. The van der Waals surface area contributed by atoms with Crippen molar-refractivity contribution in [3.8, 4) is 0 Å². The Morgan fingerprint density at radius 3 is 2.48 bits per heavy atom. The molecule has 3 amide bonds. The number of carbonyl (C=O) groups is 3. The summed E-state index contributed by atoms with van der Waals surface area (Å²) in [6.45, 7) is 4.91. The molecular formula is C23H31ClN6O3. The van der Waals surface area contributed by atoms with E-state index in [1.165, 1.54) is 0 Å². The molecule has 1 aromatic carbocycles. The lowest BCUT2D eigenvalue weighted by molar-refractivity contribution is -0.137. The summed E-state index contributed by atoms with van der Waals surface area (Å²) >= 11 is 6.02. The number of likely N-dealkylation sites (tertiary alicyclic amines) is 1. The van der Waals surface area contributed by atoms with Gasteiger partial charge in [0.05, 0.1) is 6.42 Å². The number of halogens is 1. The van der Waals surface area contributed by atoms with E-state index in [4.69, 9.17) is 17.3 Å². The van der Waals surface area contributed by atoms with E-state index in [0.29, 0.717) is 29.8 Å². The molecule has 33 heavy (non-hydrogen) atoms. The van der Waals surface area contributed by atoms with E-state index in [0.717, 1.165) is 49.9 Å². The van der Waals surface area contributed by atoms with Crippen LogP contribution in [0.5, 0.6) is 0 Å². The Morgan fingerprint density at radius 2 is 1.82 bits per heavy atom. The third-order valence-electron chi connectivity index (χ3n) is 6.67. The predicted molar refractivity (Wildman–Crippen MR) is 127 cm³/mol. The maximum absolute atomic E-state index is 13.2. The van der Waals surface area contributed by atoms with E-state index in [9.17, 15) is 14.4 Å². The molecule has 0 spiro atoms. The summed E-state index contributed by atoms with van der Waals surface area (Å²) in [6.07, 6.45) is 2.03. The number of hydrogen-bond donors (Lipinski definition) is 3. The number of amides is 3. The highest BCUT2D eigenvalue weighted by atomic mass is 35.5. The summed E-state index contributed by atoms with van der Waals surface area (Å²) in [5.41, 5.74) is 6.44. The number of fused-ring (bicyclic) bond motifs is 1. The lowest BCUT2D eigenvalue weighted by atomic mass is 10.0. The highest BCUT2D eigenvalue weighted by molar-refractivity contribution is 6.31. The molecule has 2 saturated heterocycles. The van der Waals surface area contributed by atoms with Crippen LogP contribution in [0, 0.1) is 0 Å². The van der Waals surface area contributed by atoms with Crippen LogP contribution in [0.3, 0.4) is 0 Å². The number of nitrogens with two attached hydrogens (primary N) is 1. The number of rotatable bonds is 6. The van der Waals surface area contributed by atoms with Crippen LogP contribution in [0.25, 0.3) is 10.9 Å². The fourth-order valence-corrected chi connectivity index (χ4v) is 4.93. The Labute approximate surface area is 198 Å². The quantitative estimate of drug-likeness (QED) is 0.578. The molecule has 0 saturated carbocycles. The molecule has 2 fully saturated rings. The number of aromatic nitrogens is 1. The first-order valence-corrected chi connectivity index (χ1v) is 11.8. The fraction of sp³-hybridized carbons (Fsp3) is 0.522. The molecular weight excluding hydrogens is 444 g/mol. The molecule has 178 valence electrons. The number of piperidine rings is 1. The van der Waals surface area contributed by atoms with Gasteiger partial charge in [0.15, 0.2) is 0 Å². The van der Waals surface area contributed by atoms with Gasteiger partial charge in [-0.3, -0.25) is 19.3 Å². The summed E-state index contributed by atoms with van der Waals surface area (Å²) in [7, 11) is 2.14. The lowest BCUT2D eigenvalue weighted by Gasteiger charge is -2.42. The highest BCUT2D eigenvalue weighted by Crippen LogP contribution is 2.21. The average molecular weight is 475 g/mol. The molecule has 1 aromatic heterocycles. The van der Waals surface area contributed by atoms with Gasteiger partial charge in [-0.1, -0.05) is 11.6 Å². The fourth-order valence-electron chi connectivity index (χ4n) is 4.75. The van der Waals surface area contributed by atoms with Gasteiger partial charge in [0.2, 0.25) is 11.8 Å². The van der Waals surface area contributed by atoms with Crippen LogP contribution >= 0.6 is 11.6 Å².